The number of likely N-dealkylation sites (tertiary alicyclic amines) is 1. The topological polar surface area (TPSA) is 59.1 Å². The maximum Gasteiger partial charge on any atom is 0.254 e. The summed E-state index contributed by atoms with van der Waals surface area (Å²) < 4.78 is 10.9. The van der Waals surface area contributed by atoms with E-state index in [0.29, 0.717) is 18.9 Å². The number of nitrogens with zero attached hydrogens (tertiary/aromatic N) is 2. The summed E-state index contributed by atoms with van der Waals surface area (Å²) in [4.78, 5) is 30.4. The summed E-state index contributed by atoms with van der Waals surface area (Å²) in [7, 11) is 3.27. The number of amides is 2. The highest BCUT2D eigenvalue weighted by Gasteiger charge is 2.51. The number of piperidine rings is 3. The fourth-order valence-electron chi connectivity index (χ4n) is 5.71. The molecule has 2 bridgehead atoms. The lowest BCUT2D eigenvalue weighted by atomic mass is 9.70. The van der Waals surface area contributed by atoms with Gasteiger partial charge in [-0.2, -0.15) is 0 Å². The van der Waals surface area contributed by atoms with Crippen molar-refractivity contribution in [3.63, 3.8) is 0 Å². The first-order valence-corrected chi connectivity index (χ1v) is 11.1. The molecule has 0 aromatic heterocycles. The molecule has 0 saturated carbocycles. The molecule has 0 aliphatic carbocycles. The highest BCUT2D eigenvalue weighted by atomic mass is 16.5. The van der Waals surface area contributed by atoms with Crippen LogP contribution in [-0.2, 0) is 20.7 Å². The number of ether oxygens (including phenoxy) is 2. The van der Waals surface area contributed by atoms with E-state index < -0.39 is 5.60 Å². The third-order valence-electron chi connectivity index (χ3n) is 7.39. The van der Waals surface area contributed by atoms with Gasteiger partial charge in [-0.05, 0) is 69.1 Å². The Labute approximate surface area is 179 Å². The minimum atomic E-state index is -0.823. The zero-order valence-corrected chi connectivity index (χ0v) is 18.6. The van der Waals surface area contributed by atoms with E-state index in [4.69, 9.17) is 9.47 Å². The molecule has 164 valence electrons. The number of hydrogen-bond acceptors (Lipinski definition) is 4. The van der Waals surface area contributed by atoms with Gasteiger partial charge in [0.25, 0.3) is 5.91 Å². The van der Waals surface area contributed by atoms with Crippen molar-refractivity contribution in [2.45, 2.75) is 63.6 Å². The number of benzene rings is 1. The molecule has 0 radical (unpaired) electrons. The standard InChI is InChI=1S/C24H34N2O4/c1-24(2,30-4)23(28)25-14-17-13-18(15-25)21(26-20(17)9-6-10-22(26)27)12-16-7-5-8-19(11-16)29-3/h5,7-8,11,17-18,20-21H,6,9-10,12-15H2,1-4H3/t17-,18+,20+,21+/m1/s1. The largest absolute Gasteiger partial charge is 0.497 e. The Balaban J connectivity index is 1.63. The second kappa shape index (κ2) is 8.22. The molecule has 3 aliphatic heterocycles. The van der Waals surface area contributed by atoms with Gasteiger partial charge in [-0.25, -0.2) is 0 Å². The maximum absolute atomic E-state index is 13.2. The molecule has 4 atom stereocenters. The summed E-state index contributed by atoms with van der Waals surface area (Å²) in [6.45, 7) is 5.09. The highest BCUT2D eigenvalue weighted by molar-refractivity contribution is 5.84. The summed E-state index contributed by atoms with van der Waals surface area (Å²) in [6.07, 6.45) is 4.51. The molecule has 3 aliphatic rings. The molecule has 4 rings (SSSR count). The van der Waals surface area contributed by atoms with Crippen LogP contribution in [0.5, 0.6) is 5.75 Å². The molecular formula is C24H34N2O4. The number of carbonyl (C=O) groups is 2. The summed E-state index contributed by atoms with van der Waals surface area (Å²) >= 11 is 0. The van der Waals surface area contributed by atoms with Crippen molar-refractivity contribution >= 4 is 11.8 Å². The van der Waals surface area contributed by atoms with Crippen LogP contribution < -0.4 is 4.74 Å². The quantitative estimate of drug-likeness (QED) is 0.743. The number of hydrogen-bond donors (Lipinski definition) is 0. The SMILES string of the molecule is COc1cccc(C[C@H]2[C@H]3C[C@H](CN(C(=O)C(C)(C)OC)C3)[C@@H]3CCCC(=O)N32)c1. The monoisotopic (exact) mass is 414 g/mol. The van der Waals surface area contributed by atoms with Gasteiger partial charge in [0.05, 0.1) is 7.11 Å². The molecule has 3 heterocycles. The van der Waals surface area contributed by atoms with Crippen LogP contribution >= 0.6 is 0 Å². The molecule has 3 fully saturated rings. The van der Waals surface area contributed by atoms with E-state index in [1.807, 2.05) is 30.9 Å². The Morgan fingerprint density at radius 3 is 2.70 bits per heavy atom. The second-order valence-electron chi connectivity index (χ2n) is 9.56. The molecular weight excluding hydrogens is 380 g/mol. The molecule has 1 aromatic carbocycles. The molecule has 2 amide bonds. The van der Waals surface area contributed by atoms with Gasteiger partial charge in [0.2, 0.25) is 5.91 Å². The van der Waals surface area contributed by atoms with Crippen molar-refractivity contribution in [1.29, 1.82) is 0 Å². The summed E-state index contributed by atoms with van der Waals surface area (Å²) in [5, 5.41) is 0. The zero-order valence-electron chi connectivity index (χ0n) is 18.6. The predicted molar refractivity (Wildman–Crippen MR) is 114 cm³/mol. The van der Waals surface area contributed by atoms with E-state index in [2.05, 4.69) is 17.0 Å². The van der Waals surface area contributed by atoms with Crippen LogP contribution in [-0.4, -0.2) is 66.6 Å². The van der Waals surface area contributed by atoms with Gasteiger partial charge in [0.15, 0.2) is 0 Å². The fourth-order valence-corrected chi connectivity index (χ4v) is 5.71. The Bertz CT molecular complexity index is 808. The van der Waals surface area contributed by atoms with E-state index in [1.54, 1.807) is 14.2 Å². The van der Waals surface area contributed by atoms with Gasteiger partial charge < -0.3 is 19.3 Å². The summed E-state index contributed by atoms with van der Waals surface area (Å²) in [5.74, 6) is 1.81. The summed E-state index contributed by atoms with van der Waals surface area (Å²) in [5.41, 5.74) is 0.353. The lowest BCUT2D eigenvalue weighted by molar-refractivity contribution is -0.164. The first-order chi connectivity index (χ1) is 14.3. The van der Waals surface area contributed by atoms with Crippen LogP contribution in [0.25, 0.3) is 0 Å². The average molecular weight is 415 g/mol. The smallest absolute Gasteiger partial charge is 0.254 e. The fraction of sp³-hybridized carbons (Fsp3) is 0.667. The summed E-state index contributed by atoms with van der Waals surface area (Å²) in [6, 6.07) is 8.48. The van der Waals surface area contributed by atoms with Crippen molar-refractivity contribution in [3.8, 4) is 5.75 Å². The van der Waals surface area contributed by atoms with Crippen LogP contribution in [0.2, 0.25) is 0 Å². The number of methoxy groups -OCH3 is 2. The van der Waals surface area contributed by atoms with Crippen LogP contribution in [0.3, 0.4) is 0 Å². The Kier molecular flexibility index (Phi) is 5.80. The van der Waals surface area contributed by atoms with E-state index >= 15 is 0 Å². The minimum Gasteiger partial charge on any atom is -0.497 e. The Hall–Kier alpha value is -2.08. The molecule has 30 heavy (non-hydrogen) atoms. The zero-order chi connectivity index (χ0) is 21.5. The van der Waals surface area contributed by atoms with Crippen molar-refractivity contribution in [2.24, 2.45) is 11.8 Å². The molecule has 0 unspecified atom stereocenters. The van der Waals surface area contributed by atoms with Crippen LogP contribution in [0.15, 0.2) is 24.3 Å². The van der Waals surface area contributed by atoms with Crippen LogP contribution in [0, 0.1) is 11.8 Å². The van der Waals surface area contributed by atoms with E-state index in [1.165, 1.54) is 5.56 Å². The lowest BCUT2D eigenvalue weighted by Gasteiger charge is -2.57. The minimum absolute atomic E-state index is 0.0513. The van der Waals surface area contributed by atoms with Gasteiger partial charge in [0.1, 0.15) is 11.4 Å². The Morgan fingerprint density at radius 1 is 1.20 bits per heavy atom. The first-order valence-electron chi connectivity index (χ1n) is 11.1. The predicted octanol–water partition coefficient (Wildman–Crippen LogP) is 2.89. The molecule has 6 nitrogen and oxygen atoms in total. The van der Waals surface area contributed by atoms with Crippen LogP contribution in [0.1, 0.15) is 45.1 Å². The Morgan fingerprint density at radius 2 is 1.97 bits per heavy atom. The van der Waals surface area contributed by atoms with Crippen molar-refractivity contribution in [1.82, 2.24) is 9.80 Å². The number of fused-ring (bicyclic) bond motifs is 4. The molecule has 1 aromatic rings. The lowest BCUT2D eigenvalue weighted by Crippen LogP contribution is -2.67. The van der Waals surface area contributed by atoms with Gasteiger partial charge >= 0.3 is 0 Å². The van der Waals surface area contributed by atoms with Gasteiger partial charge in [-0.1, -0.05) is 12.1 Å². The van der Waals surface area contributed by atoms with Gasteiger partial charge in [-0.3, -0.25) is 9.59 Å². The second-order valence-corrected chi connectivity index (χ2v) is 9.56. The normalized spacial score (nSPS) is 28.9. The van der Waals surface area contributed by atoms with Crippen molar-refractivity contribution < 1.29 is 19.1 Å². The molecule has 6 heteroatoms. The van der Waals surface area contributed by atoms with Crippen LogP contribution in [0.4, 0.5) is 0 Å². The van der Waals surface area contributed by atoms with E-state index in [-0.39, 0.29) is 29.8 Å². The first kappa shape index (κ1) is 21.2. The number of rotatable bonds is 5. The third kappa shape index (κ3) is 3.82. The highest BCUT2D eigenvalue weighted by Crippen LogP contribution is 2.43. The van der Waals surface area contributed by atoms with Crippen molar-refractivity contribution in [2.75, 3.05) is 27.3 Å². The molecule has 0 N–H and O–H groups in total. The third-order valence-corrected chi connectivity index (χ3v) is 7.39. The van der Waals surface area contributed by atoms with E-state index in [9.17, 15) is 9.59 Å². The molecule has 3 saturated heterocycles. The van der Waals surface area contributed by atoms with Gasteiger partial charge in [0, 0.05) is 38.7 Å². The van der Waals surface area contributed by atoms with E-state index in [0.717, 1.165) is 38.0 Å². The molecule has 0 spiro atoms. The average Bonchev–Trinajstić information content (AvgIpc) is 2.76. The number of carbonyl (C=O) groups excluding carboxylic acids is 2. The van der Waals surface area contributed by atoms with Crippen molar-refractivity contribution in [3.05, 3.63) is 29.8 Å². The maximum atomic E-state index is 13.2. The van der Waals surface area contributed by atoms with Gasteiger partial charge in [-0.15, -0.1) is 0 Å².